The van der Waals surface area contributed by atoms with Crippen LogP contribution in [0, 0.1) is 11.8 Å². The molecule has 2 aromatic heterocycles. The Kier molecular flexibility index (Phi) is 4.45. The van der Waals surface area contributed by atoms with E-state index in [1.165, 1.54) is 12.8 Å². The van der Waals surface area contributed by atoms with Gasteiger partial charge in [0.15, 0.2) is 5.65 Å². The van der Waals surface area contributed by atoms with E-state index in [1.807, 2.05) is 11.8 Å². The molecule has 2 aromatic rings. The minimum Gasteiger partial charge on any atom is -0.341 e. The predicted molar refractivity (Wildman–Crippen MR) is 86.4 cm³/mol. The number of thioether (sulfide) groups is 1. The average Bonchev–Trinajstić information content (AvgIpc) is 2.92. The first kappa shape index (κ1) is 14.8. The number of imidazole rings is 1. The third-order valence-electron chi connectivity index (χ3n) is 4.29. The Balaban J connectivity index is 1.85. The molecule has 1 saturated carbocycles. The van der Waals surface area contributed by atoms with Crippen molar-refractivity contribution in [3.8, 4) is 0 Å². The molecule has 5 nitrogen and oxygen atoms in total. The zero-order chi connectivity index (χ0) is 14.8. The first-order valence-corrected chi connectivity index (χ1v) is 8.61. The van der Waals surface area contributed by atoms with Gasteiger partial charge >= 0.3 is 0 Å². The van der Waals surface area contributed by atoms with Crippen LogP contribution in [-0.4, -0.2) is 37.8 Å². The molecule has 1 aliphatic rings. The minimum atomic E-state index is 0.544. The summed E-state index contributed by atoms with van der Waals surface area (Å²) in [6.07, 6.45) is 5.84. The highest BCUT2D eigenvalue weighted by Crippen LogP contribution is 2.40. The van der Waals surface area contributed by atoms with E-state index in [0.717, 1.165) is 28.7 Å². The summed E-state index contributed by atoms with van der Waals surface area (Å²) < 4.78 is 0. The first-order valence-electron chi connectivity index (χ1n) is 7.73. The number of nitrogens with one attached hydrogen (secondary N) is 2. The van der Waals surface area contributed by atoms with Gasteiger partial charge in [0.1, 0.15) is 16.9 Å². The number of aromatic amines is 1. The van der Waals surface area contributed by atoms with Crippen molar-refractivity contribution in [1.29, 1.82) is 0 Å². The monoisotopic (exact) mass is 305 g/mol. The van der Waals surface area contributed by atoms with Gasteiger partial charge in [-0.05, 0) is 31.2 Å². The lowest BCUT2D eigenvalue weighted by Gasteiger charge is -2.39. The molecule has 3 rings (SSSR count). The number of hydrogen-bond acceptors (Lipinski definition) is 5. The number of rotatable bonds is 4. The first-order chi connectivity index (χ1) is 10.2. The summed E-state index contributed by atoms with van der Waals surface area (Å²) in [5, 5.41) is 5.23. The number of nitrogens with zero attached hydrogens (tertiary/aromatic N) is 3. The highest BCUT2D eigenvalue weighted by Gasteiger charge is 2.34. The van der Waals surface area contributed by atoms with E-state index in [0.29, 0.717) is 17.2 Å². The Morgan fingerprint density at radius 1 is 1.29 bits per heavy atom. The van der Waals surface area contributed by atoms with Crippen molar-refractivity contribution in [2.75, 3.05) is 6.54 Å². The van der Waals surface area contributed by atoms with Crippen LogP contribution in [0.5, 0.6) is 0 Å². The lowest BCUT2D eigenvalue weighted by atomic mass is 9.80. The lowest BCUT2D eigenvalue weighted by molar-refractivity contribution is 0.251. The van der Waals surface area contributed by atoms with Crippen molar-refractivity contribution < 1.29 is 0 Å². The summed E-state index contributed by atoms with van der Waals surface area (Å²) in [6.45, 7) is 7.93. The molecule has 0 bridgehead atoms. The smallest absolute Gasteiger partial charge is 0.181 e. The lowest BCUT2D eigenvalue weighted by Crippen LogP contribution is -2.46. The van der Waals surface area contributed by atoms with Crippen molar-refractivity contribution in [3.63, 3.8) is 0 Å². The summed E-state index contributed by atoms with van der Waals surface area (Å²) in [5.74, 6) is 1.47. The van der Waals surface area contributed by atoms with Gasteiger partial charge < -0.3 is 10.3 Å². The Morgan fingerprint density at radius 2 is 2.14 bits per heavy atom. The molecule has 1 aliphatic carbocycles. The molecule has 6 heteroatoms. The largest absolute Gasteiger partial charge is 0.341 e. The third-order valence-corrected chi connectivity index (χ3v) is 5.89. The molecule has 1 fully saturated rings. The molecule has 0 radical (unpaired) electrons. The van der Waals surface area contributed by atoms with E-state index < -0.39 is 0 Å². The van der Waals surface area contributed by atoms with Gasteiger partial charge in [-0.1, -0.05) is 32.5 Å². The fourth-order valence-electron chi connectivity index (χ4n) is 3.45. The summed E-state index contributed by atoms with van der Waals surface area (Å²) in [4.78, 5) is 16.1. The van der Waals surface area contributed by atoms with Gasteiger partial charge in [0.2, 0.25) is 0 Å². The SMILES string of the molecule is CCNC1CC(C)CC(C)C1Sc1ncnc2nc[nH]c12. The molecule has 0 spiro atoms. The minimum absolute atomic E-state index is 0.544. The summed E-state index contributed by atoms with van der Waals surface area (Å²) >= 11 is 1.87. The van der Waals surface area contributed by atoms with Gasteiger partial charge in [-0.15, -0.1) is 0 Å². The predicted octanol–water partition coefficient (Wildman–Crippen LogP) is 2.86. The Morgan fingerprint density at radius 3 is 2.95 bits per heavy atom. The second kappa shape index (κ2) is 6.32. The van der Waals surface area contributed by atoms with Gasteiger partial charge in [-0.25, -0.2) is 15.0 Å². The number of hydrogen-bond donors (Lipinski definition) is 2. The second-order valence-corrected chi connectivity index (χ2v) is 7.25. The van der Waals surface area contributed by atoms with Crippen molar-refractivity contribution in [2.45, 2.75) is 49.9 Å². The maximum absolute atomic E-state index is 4.47. The average molecular weight is 305 g/mol. The van der Waals surface area contributed by atoms with Gasteiger partial charge in [0.25, 0.3) is 0 Å². The standard InChI is InChI=1S/C15H23N5S/c1-4-16-11-6-9(2)5-10(3)13(11)21-15-12-14(18-7-17-12)19-8-20-15/h7-11,13,16H,4-6H2,1-3H3,(H,17,18,19,20). The Hall–Kier alpha value is -1.14. The molecule has 2 N–H and O–H groups in total. The van der Waals surface area contributed by atoms with Gasteiger partial charge in [-0.2, -0.15) is 0 Å². The van der Waals surface area contributed by atoms with Crippen LogP contribution >= 0.6 is 11.8 Å². The molecule has 114 valence electrons. The highest BCUT2D eigenvalue weighted by atomic mass is 32.2. The molecular weight excluding hydrogens is 282 g/mol. The van der Waals surface area contributed by atoms with E-state index in [-0.39, 0.29) is 0 Å². The molecule has 21 heavy (non-hydrogen) atoms. The Labute approximate surface area is 129 Å². The highest BCUT2D eigenvalue weighted by molar-refractivity contribution is 8.00. The fraction of sp³-hybridized carbons (Fsp3) is 0.667. The third kappa shape index (κ3) is 3.06. The van der Waals surface area contributed by atoms with Gasteiger partial charge in [0.05, 0.1) is 6.33 Å². The molecule has 0 amide bonds. The Bertz CT molecular complexity index is 599. The molecule has 2 heterocycles. The van der Waals surface area contributed by atoms with E-state index in [2.05, 4.69) is 46.0 Å². The number of fused-ring (bicyclic) bond motifs is 1. The van der Waals surface area contributed by atoms with Crippen LogP contribution in [0.25, 0.3) is 11.2 Å². The van der Waals surface area contributed by atoms with E-state index in [4.69, 9.17) is 0 Å². The van der Waals surface area contributed by atoms with Crippen LogP contribution in [0.3, 0.4) is 0 Å². The maximum atomic E-state index is 4.47. The van der Waals surface area contributed by atoms with Crippen molar-refractivity contribution in [3.05, 3.63) is 12.7 Å². The van der Waals surface area contributed by atoms with Crippen molar-refractivity contribution in [2.24, 2.45) is 11.8 Å². The summed E-state index contributed by atoms with van der Waals surface area (Å²) in [6, 6.07) is 0.548. The van der Waals surface area contributed by atoms with Crippen LogP contribution in [0.2, 0.25) is 0 Å². The normalized spacial score (nSPS) is 29.9. The zero-order valence-electron chi connectivity index (χ0n) is 12.8. The summed E-state index contributed by atoms with van der Waals surface area (Å²) in [7, 11) is 0. The molecule has 4 unspecified atom stereocenters. The van der Waals surface area contributed by atoms with Gasteiger partial charge in [-0.3, -0.25) is 0 Å². The van der Waals surface area contributed by atoms with Crippen LogP contribution < -0.4 is 5.32 Å². The van der Waals surface area contributed by atoms with Crippen LogP contribution in [0.15, 0.2) is 17.7 Å². The van der Waals surface area contributed by atoms with Crippen molar-refractivity contribution >= 4 is 22.9 Å². The van der Waals surface area contributed by atoms with E-state index >= 15 is 0 Å². The van der Waals surface area contributed by atoms with Gasteiger partial charge in [0, 0.05) is 11.3 Å². The number of aromatic nitrogens is 4. The molecule has 0 aromatic carbocycles. The quantitative estimate of drug-likeness (QED) is 0.850. The molecular formula is C15H23N5S. The maximum Gasteiger partial charge on any atom is 0.181 e. The van der Waals surface area contributed by atoms with E-state index in [1.54, 1.807) is 12.7 Å². The fourth-order valence-corrected chi connectivity index (χ4v) is 4.80. The molecule has 0 saturated heterocycles. The molecule has 4 atom stereocenters. The van der Waals surface area contributed by atoms with Crippen LogP contribution in [0.1, 0.15) is 33.6 Å². The van der Waals surface area contributed by atoms with E-state index in [9.17, 15) is 0 Å². The van der Waals surface area contributed by atoms with Crippen LogP contribution in [-0.2, 0) is 0 Å². The second-order valence-electron chi connectivity index (χ2n) is 6.08. The van der Waals surface area contributed by atoms with Crippen LogP contribution in [0.4, 0.5) is 0 Å². The zero-order valence-corrected chi connectivity index (χ0v) is 13.7. The topological polar surface area (TPSA) is 66.5 Å². The van der Waals surface area contributed by atoms with Crippen molar-refractivity contribution in [1.82, 2.24) is 25.3 Å². The summed E-state index contributed by atoms with van der Waals surface area (Å²) in [5.41, 5.74) is 1.72. The molecule has 0 aliphatic heterocycles. The number of H-pyrrole nitrogens is 1.